The minimum atomic E-state index is -1.32. The van der Waals surface area contributed by atoms with Crippen molar-refractivity contribution in [2.75, 3.05) is 40.3 Å². The van der Waals surface area contributed by atoms with Crippen LogP contribution in [0.25, 0.3) is 0 Å². The monoisotopic (exact) mass is 320 g/mol. The largest absolute Gasteiger partial charge is 0.299 e. The summed E-state index contributed by atoms with van der Waals surface area (Å²) in [6, 6.07) is 0. The number of fused-ring (bicyclic) bond motifs is 5. The quantitative estimate of drug-likeness (QED) is 0.540. The molecule has 0 saturated carbocycles. The van der Waals surface area contributed by atoms with Crippen molar-refractivity contribution in [3.05, 3.63) is 43.5 Å². The SMILES string of the molecule is CN1CC2C([N+](=O)[O-])(C1)C1=C(C=CC1)C1CN(C)CC12[N+](=O)[O-]. The predicted octanol–water partition coefficient (Wildman–Crippen LogP) is 0.411. The number of likely N-dealkylation sites (N-methyl/N-ethyl adjacent to an activating group) is 2. The maximum absolute atomic E-state index is 12.2. The molecule has 4 rings (SSSR count). The molecule has 124 valence electrons. The van der Waals surface area contributed by atoms with Gasteiger partial charge in [-0.25, -0.2) is 0 Å². The van der Waals surface area contributed by atoms with E-state index in [0.717, 1.165) is 11.1 Å². The highest BCUT2D eigenvalue weighted by Gasteiger charge is 2.78. The van der Waals surface area contributed by atoms with Gasteiger partial charge in [0, 0.05) is 28.5 Å². The Morgan fingerprint density at radius 1 is 1.13 bits per heavy atom. The van der Waals surface area contributed by atoms with Gasteiger partial charge < -0.3 is 0 Å². The zero-order chi connectivity index (χ0) is 16.6. The number of nitrogens with zero attached hydrogens (tertiary/aromatic N) is 4. The van der Waals surface area contributed by atoms with Crippen LogP contribution in [-0.2, 0) is 0 Å². The fourth-order valence-corrected chi connectivity index (χ4v) is 5.61. The van der Waals surface area contributed by atoms with Crippen LogP contribution in [0, 0.1) is 32.1 Å². The van der Waals surface area contributed by atoms with Gasteiger partial charge in [-0.1, -0.05) is 12.2 Å². The van der Waals surface area contributed by atoms with Crippen molar-refractivity contribution in [1.82, 2.24) is 9.80 Å². The number of allylic oxidation sites excluding steroid dienone is 2. The van der Waals surface area contributed by atoms with E-state index in [2.05, 4.69) is 0 Å². The average molecular weight is 320 g/mol. The Hall–Kier alpha value is -1.80. The van der Waals surface area contributed by atoms with Gasteiger partial charge in [0.05, 0.1) is 19.0 Å². The number of nitro groups is 2. The van der Waals surface area contributed by atoms with Crippen molar-refractivity contribution in [2.45, 2.75) is 17.5 Å². The van der Waals surface area contributed by atoms with Crippen LogP contribution in [0.2, 0.25) is 0 Å². The molecule has 2 heterocycles. The van der Waals surface area contributed by atoms with E-state index < -0.39 is 17.0 Å². The fraction of sp³-hybridized carbons (Fsp3) is 0.733. The van der Waals surface area contributed by atoms with Crippen LogP contribution in [0.1, 0.15) is 6.42 Å². The van der Waals surface area contributed by atoms with Crippen molar-refractivity contribution < 1.29 is 9.85 Å². The lowest BCUT2D eigenvalue weighted by Gasteiger charge is -2.42. The van der Waals surface area contributed by atoms with E-state index in [-0.39, 0.29) is 28.9 Å². The van der Waals surface area contributed by atoms with Crippen LogP contribution in [0.4, 0.5) is 0 Å². The van der Waals surface area contributed by atoms with Crippen molar-refractivity contribution in [3.8, 4) is 0 Å². The Morgan fingerprint density at radius 3 is 2.48 bits per heavy atom. The van der Waals surface area contributed by atoms with E-state index in [1.807, 2.05) is 36.0 Å². The molecule has 0 radical (unpaired) electrons. The van der Waals surface area contributed by atoms with Gasteiger partial charge in [-0.3, -0.25) is 30.0 Å². The highest BCUT2D eigenvalue weighted by atomic mass is 16.6. The van der Waals surface area contributed by atoms with Gasteiger partial charge in [-0.2, -0.15) is 0 Å². The molecule has 8 heteroatoms. The van der Waals surface area contributed by atoms with Gasteiger partial charge in [0.1, 0.15) is 5.92 Å². The summed E-state index contributed by atoms with van der Waals surface area (Å²) in [4.78, 5) is 27.8. The maximum atomic E-state index is 12.2. The average Bonchev–Trinajstić information content (AvgIpc) is 3.12. The summed E-state index contributed by atoms with van der Waals surface area (Å²) < 4.78 is 0. The number of likely N-dealkylation sites (tertiary alicyclic amines) is 2. The first-order valence-corrected chi connectivity index (χ1v) is 7.90. The van der Waals surface area contributed by atoms with Crippen molar-refractivity contribution in [3.63, 3.8) is 0 Å². The lowest BCUT2D eigenvalue weighted by atomic mass is 9.59. The van der Waals surface area contributed by atoms with Crippen LogP contribution in [0.5, 0.6) is 0 Å². The van der Waals surface area contributed by atoms with E-state index in [9.17, 15) is 20.2 Å². The van der Waals surface area contributed by atoms with E-state index >= 15 is 0 Å². The molecular weight excluding hydrogens is 300 g/mol. The third-order valence-corrected chi connectivity index (χ3v) is 6.34. The summed E-state index contributed by atoms with van der Waals surface area (Å²) in [5, 5.41) is 24.4. The molecule has 4 unspecified atom stereocenters. The van der Waals surface area contributed by atoms with Gasteiger partial charge >= 0.3 is 0 Å². The molecule has 0 spiro atoms. The molecule has 8 nitrogen and oxygen atoms in total. The molecule has 0 bridgehead atoms. The first-order chi connectivity index (χ1) is 10.8. The summed E-state index contributed by atoms with van der Waals surface area (Å²) in [6.07, 6.45) is 4.38. The molecule has 2 aliphatic heterocycles. The standard InChI is InChI=1S/C15H20N4O4/c1-16-6-12-10-4-3-5-11(10)14(18(20)21)8-17(2)7-13(14)15(12,9-16)19(22)23/h3-4,12-13H,5-9H2,1-2H3. The van der Waals surface area contributed by atoms with Gasteiger partial charge in [-0.05, 0) is 26.1 Å². The molecule has 2 aliphatic carbocycles. The zero-order valence-corrected chi connectivity index (χ0v) is 13.3. The van der Waals surface area contributed by atoms with Crippen LogP contribution < -0.4 is 0 Å². The zero-order valence-electron chi connectivity index (χ0n) is 13.3. The molecule has 0 aromatic rings. The van der Waals surface area contributed by atoms with Gasteiger partial charge in [-0.15, -0.1) is 0 Å². The molecule has 23 heavy (non-hydrogen) atoms. The van der Waals surface area contributed by atoms with Crippen LogP contribution in [0.3, 0.4) is 0 Å². The van der Waals surface area contributed by atoms with E-state index in [4.69, 9.17) is 0 Å². The van der Waals surface area contributed by atoms with Crippen molar-refractivity contribution in [1.29, 1.82) is 0 Å². The molecule has 0 N–H and O–H groups in total. The highest BCUT2D eigenvalue weighted by molar-refractivity contribution is 5.49. The van der Waals surface area contributed by atoms with E-state index in [1.165, 1.54) is 0 Å². The molecule has 4 aliphatic rings. The summed E-state index contributed by atoms with van der Waals surface area (Å²) in [5.41, 5.74) is -0.911. The normalized spacial score (nSPS) is 42.7. The third kappa shape index (κ3) is 1.53. The fourth-order valence-electron chi connectivity index (χ4n) is 5.61. The third-order valence-electron chi connectivity index (χ3n) is 6.34. The van der Waals surface area contributed by atoms with Crippen molar-refractivity contribution in [2.24, 2.45) is 11.8 Å². The topological polar surface area (TPSA) is 92.8 Å². The lowest BCUT2D eigenvalue weighted by molar-refractivity contribution is -0.624. The molecule has 2 saturated heterocycles. The first kappa shape index (κ1) is 14.8. The predicted molar refractivity (Wildman–Crippen MR) is 82.2 cm³/mol. The summed E-state index contributed by atoms with van der Waals surface area (Å²) in [6.45, 7) is 1.54. The van der Waals surface area contributed by atoms with E-state index in [1.54, 1.807) is 0 Å². The van der Waals surface area contributed by atoms with Crippen LogP contribution in [0.15, 0.2) is 23.3 Å². The Morgan fingerprint density at radius 2 is 1.83 bits per heavy atom. The van der Waals surface area contributed by atoms with Crippen LogP contribution in [-0.4, -0.2) is 71.0 Å². The second kappa shape index (κ2) is 4.39. The molecular formula is C15H20N4O4. The Labute approximate surface area is 133 Å². The second-order valence-electron chi connectivity index (χ2n) is 7.47. The summed E-state index contributed by atoms with van der Waals surface area (Å²) >= 11 is 0. The molecule has 0 amide bonds. The Bertz CT molecular complexity index is 674. The number of hydrogen-bond donors (Lipinski definition) is 0. The molecule has 0 aromatic heterocycles. The minimum Gasteiger partial charge on any atom is -0.299 e. The first-order valence-electron chi connectivity index (χ1n) is 7.90. The molecule has 0 aromatic carbocycles. The Balaban J connectivity index is 2.01. The second-order valence-corrected chi connectivity index (χ2v) is 7.47. The summed E-state index contributed by atoms with van der Waals surface area (Å²) in [5.74, 6) is -0.834. The molecule has 2 fully saturated rings. The van der Waals surface area contributed by atoms with E-state index in [0.29, 0.717) is 19.5 Å². The Kier molecular flexibility index (Phi) is 2.82. The lowest BCUT2D eigenvalue weighted by Crippen LogP contribution is -2.66. The minimum absolute atomic E-state index is 0.209. The smallest absolute Gasteiger partial charge is 0.267 e. The van der Waals surface area contributed by atoms with Gasteiger partial charge in [0.15, 0.2) is 0 Å². The van der Waals surface area contributed by atoms with Crippen LogP contribution >= 0.6 is 0 Å². The van der Waals surface area contributed by atoms with Gasteiger partial charge in [0.25, 0.3) is 11.1 Å². The van der Waals surface area contributed by atoms with Gasteiger partial charge in [0.2, 0.25) is 0 Å². The maximum Gasteiger partial charge on any atom is 0.267 e. The van der Waals surface area contributed by atoms with Crippen molar-refractivity contribution >= 4 is 0 Å². The number of rotatable bonds is 2. The molecule has 4 atom stereocenters. The highest BCUT2D eigenvalue weighted by Crippen LogP contribution is 2.58. The number of hydrogen-bond acceptors (Lipinski definition) is 6. The summed E-state index contributed by atoms with van der Waals surface area (Å²) in [7, 11) is 3.70.